The summed E-state index contributed by atoms with van der Waals surface area (Å²) in [5.41, 5.74) is -1.19. The number of aromatic amines is 1. The molecule has 3 N–H and O–H groups in total. The molecule has 3 fully saturated rings. The molecule has 1 amide bonds. The minimum Gasteiger partial charge on any atom is -0.496 e. The molecule has 1 aromatic heterocycles. The van der Waals surface area contributed by atoms with Crippen LogP contribution >= 0.6 is 15.9 Å². The monoisotopic (exact) mass is 1020 g/mol. The van der Waals surface area contributed by atoms with Gasteiger partial charge < -0.3 is 48.9 Å². The van der Waals surface area contributed by atoms with Gasteiger partial charge in [-0.15, -0.1) is 0 Å². The lowest BCUT2D eigenvalue weighted by Crippen LogP contribution is -2.81. The number of likely N-dealkylation sites (N-methyl/N-ethyl adjacent to an activating group) is 1. The molecule has 4 aromatic rings. The number of anilines is 1. The van der Waals surface area contributed by atoms with Gasteiger partial charge in [-0.1, -0.05) is 44.2 Å². The van der Waals surface area contributed by atoms with E-state index in [-0.39, 0.29) is 17.9 Å². The van der Waals surface area contributed by atoms with E-state index in [0.717, 1.165) is 33.4 Å². The molecular formula is C54H64BrN5O10. The maximum Gasteiger partial charge on any atom is 0.344 e. The Morgan fingerprint density at radius 3 is 2.34 bits per heavy atom. The second-order valence-electron chi connectivity index (χ2n) is 20.6. The van der Waals surface area contributed by atoms with Crippen LogP contribution < -0.4 is 19.7 Å². The minimum atomic E-state index is -2.34. The van der Waals surface area contributed by atoms with Crippen molar-refractivity contribution >= 4 is 56.3 Å². The fourth-order valence-electron chi connectivity index (χ4n) is 14.8. The quantitative estimate of drug-likeness (QED) is 0.0933. The predicted octanol–water partition coefficient (Wildman–Crippen LogP) is 6.20. The van der Waals surface area contributed by atoms with Gasteiger partial charge in [0.2, 0.25) is 5.60 Å². The van der Waals surface area contributed by atoms with Crippen LogP contribution in [0.25, 0.3) is 10.9 Å². The number of para-hydroxylation sites is 1. The Labute approximate surface area is 417 Å². The van der Waals surface area contributed by atoms with Crippen LogP contribution in [0.4, 0.5) is 5.69 Å². The van der Waals surface area contributed by atoms with Gasteiger partial charge in [0.05, 0.1) is 44.5 Å². The molecule has 1 saturated carbocycles. The van der Waals surface area contributed by atoms with Crippen molar-refractivity contribution in [3.05, 3.63) is 99.2 Å². The summed E-state index contributed by atoms with van der Waals surface area (Å²) in [6.07, 6.45) is 5.90. The number of carbonyl (C=O) groups is 4. The molecule has 1 aliphatic carbocycles. The molecule has 10 atom stereocenters. The Kier molecular flexibility index (Phi) is 12.0. The number of fused-ring (bicyclic) bond motifs is 6. The second-order valence-corrected chi connectivity index (χ2v) is 21.4. The maximum atomic E-state index is 15.7. The number of aromatic nitrogens is 1. The van der Waals surface area contributed by atoms with Crippen molar-refractivity contribution in [2.75, 3.05) is 73.1 Å². The number of methoxy groups -OCH3 is 4. The standard InChI is InChI=1S/C54H64BrN5O10/c1-9-50(57-44(62)33-16-17-41(66-5)38(55)24-33)27-32-28-53(48(63)68-7,43-35(18-22-59(29-32)30-50)34-14-11-12-15-39(34)56-43)37-25-36-40(26-42(37)67-6)58(4)46-52(36)20-23-60-21-13-19-51(10-2,45(52)60)47(70-31(3)61)54(46,65)49(64)69-8/h11-17,19,24-26,32,45-47,56,65H,9-10,18,20-23,27-30H2,1-8H3,(H,57,62)/t32-,45+,46-,47-,50+,51-,52-,53+,54+/m1/s1. The van der Waals surface area contributed by atoms with Crippen LogP contribution in [0, 0.1) is 11.3 Å². The molecule has 1 unspecified atom stereocenters. The number of nitrogens with one attached hydrogen (secondary N) is 2. The van der Waals surface area contributed by atoms with E-state index in [9.17, 15) is 19.5 Å². The molecule has 0 radical (unpaired) electrons. The number of hydrogen-bond acceptors (Lipinski definition) is 13. The van der Waals surface area contributed by atoms with Crippen LogP contribution in [0.2, 0.25) is 0 Å². The number of hydrogen-bond donors (Lipinski definition) is 3. The molecule has 5 aliphatic heterocycles. The zero-order chi connectivity index (χ0) is 49.7. The van der Waals surface area contributed by atoms with Crippen LogP contribution in [0.1, 0.15) is 85.6 Å². The van der Waals surface area contributed by atoms with Gasteiger partial charge >= 0.3 is 17.9 Å². The first-order valence-corrected chi connectivity index (χ1v) is 25.3. The summed E-state index contributed by atoms with van der Waals surface area (Å²) in [5.74, 6) is -1.26. The molecule has 15 nitrogen and oxygen atoms in total. The van der Waals surface area contributed by atoms with Crippen LogP contribution in [0.5, 0.6) is 11.5 Å². The third-order valence-corrected chi connectivity index (χ3v) is 18.0. The first-order valence-electron chi connectivity index (χ1n) is 24.5. The number of benzene rings is 3. The molecule has 6 aliphatic rings. The summed E-state index contributed by atoms with van der Waals surface area (Å²) < 4.78 is 30.4. The number of esters is 3. The maximum absolute atomic E-state index is 15.7. The number of halogens is 1. The number of rotatable bonds is 10. The smallest absolute Gasteiger partial charge is 0.344 e. The van der Waals surface area contributed by atoms with E-state index in [1.54, 1.807) is 32.4 Å². The summed E-state index contributed by atoms with van der Waals surface area (Å²) in [5, 5.41) is 18.0. The van der Waals surface area contributed by atoms with Crippen LogP contribution in [-0.4, -0.2) is 141 Å². The second kappa shape index (κ2) is 17.4. The van der Waals surface area contributed by atoms with E-state index in [1.807, 2.05) is 49.2 Å². The Bertz CT molecular complexity index is 2830. The van der Waals surface area contributed by atoms with Gasteiger partial charge in [0.25, 0.3) is 5.91 Å². The normalized spacial score (nSPS) is 32.8. The summed E-state index contributed by atoms with van der Waals surface area (Å²) in [6.45, 7) is 8.64. The Morgan fingerprint density at radius 2 is 1.66 bits per heavy atom. The molecular weight excluding hydrogens is 959 g/mol. The summed E-state index contributed by atoms with van der Waals surface area (Å²) in [7, 11) is 7.74. The number of carbonyl (C=O) groups excluding carboxylic acids is 4. The van der Waals surface area contributed by atoms with Gasteiger partial charge in [0.1, 0.15) is 16.9 Å². The number of amides is 1. The summed E-state index contributed by atoms with van der Waals surface area (Å²) in [6, 6.07) is 16.2. The van der Waals surface area contributed by atoms with Crippen molar-refractivity contribution in [1.82, 2.24) is 20.1 Å². The fraction of sp³-hybridized carbons (Fsp3) is 0.519. The highest BCUT2D eigenvalue weighted by molar-refractivity contribution is 9.10. The lowest BCUT2D eigenvalue weighted by atomic mass is 9.47. The number of H-pyrrole nitrogens is 1. The van der Waals surface area contributed by atoms with E-state index >= 15 is 4.79 Å². The van der Waals surface area contributed by atoms with E-state index in [2.05, 4.69) is 61.2 Å². The Morgan fingerprint density at radius 1 is 0.900 bits per heavy atom. The van der Waals surface area contributed by atoms with Crippen LogP contribution in [-0.2, 0) is 45.8 Å². The topological polar surface area (TPSA) is 172 Å². The highest BCUT2D eigenvalue weighted by Gasteiger charge is 2.80. The van der Waals surface area contributed by atoms with E-state index in [4.69, 9.17) is 23.7 Å². The van der Waals surface area contributed by atoms with Crippen molar-refractivity contribution < 1.29 is 48.0 Å². The van der Waals surface area contributed by atoms with Gasteiger partial charge in [-0.2, -0.15) is 0 Å². The van der Waals surface area contributed by atoms with E-state index in [0.29, 0.717) is 98.3 Å². The van der Waals surface area contributed by atoms with Crippen LogP contribution in [0.15, 0.2) is 71.2 Å². The molecule has 70 heavy (non-hydrogen) atoms. The van der Waals surface area contributed by atoms with E-state index < -0.39 is 57.4 Å². The third kappa shape index (κ3) is 6.67. The highest BCUT2D eigenvalue weighted by Crippen LogP contribution is 2.68. The highest BCUT2D eigenvalue weighted by atomic mass is 79.9. The predicted molar refractivity (Wildman–Crippen MR) is 266 cm³/mol. The summed E-state index contributed by atoms with van der Waals surface area (Å²) in [4.78, 5) is 68.3. The fourth-order valence-corrected chi connectivity index (χ4v) is 15.4. The number of piperidine rings is 1. The van der Waals surface area contributed by atoms with Gasteiger partial charge in [-0.25, -0.2) is 4.79 Å². The average Bonchev–Trinajstić information content (AvgIpc) is 4.02. The molecule has 2 bridgehead atoms. The summed E-state index contributed by atoms with van der Waals surface area (Å²) >= 11 is 3.56. The molecule has 6 heterocycles. The number of aliphatic hydroxyl groups is 1. The van der Waals surface area contributed by atoms with E-state index in [1.165, 1.54) is 21.1 Å². The van der Waals surface area contributed by atoms with Gasteiger partial charge in [-0.05, 0) is 108 Å². The lowest BCUT2D eigenvalue weighted by Gasteiger charge is -2.63. The van der Waals surface area contributed by atoms with Crippen molar-refractivity contribution in [1.29, 1.82) is 0 Å². The molecule has 10 rings (SSSR count). The van der Waals surface area contributed by atoms with Gasteiger partial charge in [0, 0.05) is 96.5 Å². The van der Waals surface area contributed by atoms with Crippen LogP contribution in [0.3, 0.4) is 0 Å². The molecule has 16 heteroatoms. The van der Waals surface area contributed by atoms with Crippen molar-refractivity contribution in [3.63, 3.8) is 0 Å². The zero-order valence-corrected chi connectivity index (χ0v) is 42.9. The first-order chi connectivity index (χ1) is 33.6. The largest absolute Gasteiger partial charge is 0.496 e. The minimum absolute atomic E-state index is 0.151. The molecule has 2 saturated heterocycles. The number of nitrogens with zero attached hydrogens (tertiary/aromatic N) is 3. The molecule has 1 spiro atoms. The molecule has 372 valence electrons. The Balaban J connectivity index is 1.20. The average molecular weight is 1020 g/mol. The third-order valence-electron chi connectivity index (χ3n) is 17.4. The lowest BCUT2D eigenvalue weighted by molar-refractivity contribution is -0.228. The SMILES string of the molecule is CC[C@]1(NC(=O)c2ccc(OC)c(Br)c2)C[C@H]2CN(CCc3c([nH]c4ccccc34)[C@@](C(=O)OC)(c3cc4c(cc3OC)N(C)[C@H]3[C@@](O)(C(=O)OC)[C@H](OC(C)=O)[C@]5(CC)C=CCN6CC[C@]43[C@@H]65)C2)C1. The van der Waals surface area contributed by atoms with Crippen molar-refractivity contribution in [3.8, 4) is 11.5 Å². The zero-order valence-electron chi connectivity index (χ0n) is 41.3. The number of ether oxygens (including phenoxy) is 5. The van der Waals surface area contributed by atoms with Gasteiger partial charge in [0.15, 0.2) is 6.10 Å². The molecule has 3 aromatic carbocycles. The van der Waals surface area contributed by atoms with Crippen molar-refractivity contribution in [2.45, 2.75) is 99.5 Å². The first kappa shape index (κ1) is 48.2. The van der Waals surface area contributed by atoms with Crippen molar-refractivity contribution in [2.24, 2.45) is 11.3 Å². The Hall–Kier alpha value is -5.42. The van der Waals surface area contributed by atoms with Gasteiger partial charge in [-0.3, -0.25) is 19.3 Å².